The number of nitrogens with zero attached hydrogens (tertiary/aromatic N) is 1. The topological polar surface area (TPSA) is 24.9 Å². The molecule has 0 aliphatic heterocycles. The van der Waals surface area contributed by atoms with Gasteiger partial charge in [0.25, 0.3) is 0 Å². The highest BCUT2D eigenvalue weighted by Crippen LogP contribution is 2.14. The summed E-state index contributed by atoms with van der Waals surface area (Å²) in [5.41, 5.74) is 2.14. The van der Waals surface area contributed by atoms with Gasteiger partial charge in [0.15, 0.2) is 0 Å². The Morgan fingerprint density at radius 1 is 1.35 bits per heavy atom. The molecule has 0 amide bonds. The Morgan fingerprint density at radius 3 is 2.65 bits per heavy atom. The van der Waals surface area contributed by atoms with Gasteiger partial charge in [-0.2, -0.15) is 0 Å². The third-order valence-corrected chi connectivity index (χ3v) is 3.45. The molecule has 1 heterocycles. The number of halogens is 1. The number of hydrogen-bond acceptors (Lipinski definition) is 3. The van der Waals surface area contributed by atoms with E-state index in [1.54, 1.807) is 23.5 Å². The first-order valence-electron chi connectivity index (χ1n) is 5.55. The Hall–Kier alpha value is -1.26. The molecule has 0 spiro atoms. The molecule has 2 aromatic rings. The molecule has 1 aromatic carbocycles. The Balaban J connectivity index is 1.93. The predicted octanol–water partition coefficient (Wildman–Crippen LogP) is 3.44. The molecule has 0 fully saturated rings. The molecule has 1 atom stereocenters. The number of aryl methyl sites for hydroxylation is 1. The molecule has 0 saturated carbocycles. The second-order valence-corrected chi connectivity index (χ2v) is 5.07. The molecule has 0 unspecified atom stereocenters. The van der Waals surface area contributed by atoms with E-state index in [1.165, 1.54) is 12.1 Å². The summed E-state index contributed by atoms with van der Waals surface area (Å²) in [5.74, 6) is -0.198. The van der Waals surface area contributed by atoms with Crippen molar-refractivity contribution in [2.75, 3.05) is 0 Å². The molecule has 1 N–H and O–H groups in total. The molecule has 90 valence electrons. The summed E-state index contributed by atoms with van der Waals surface area (Å²) >= 11 is 1.65. The molecule has 0 radical (unpaired) electrons. The maximum Gasteiger partial charge on any atom is 0.123 e. The molecular formula is C13H15FN2S. The van der Waals surface area contributed by atoms with Crippen molar-refractivity contribution in [1.82, 2.24) is 10.3 Å². The van der Waals surface area contributed by atoms with Crippen LogP contribution >= 0.6 is 11.3 Å². The number of hydrogen-bond donors (Lipinski definition) is 1. The van der Waals surface area contributed by atoms with Crippen molar-refractivity contribution in [3.8, 4) is 0 Å². The molecule has 1 aromatic heterocycles. The lowest BCUT2D eigenvalue weighted by molar-refractivity contribution is 0.565. The summed E-state index contributed by atoms with van der Waals surface area (Å²) in [7, 11) is 0. The molecule has 4 heteroatoms. The standard InChI is InChI=1S/C13H15FN2S/c1-9(11-3-5-12(14)6-4-11)15-7-13-8-17-10(2)16-13/h3-6,8-9,15H,7H2,1-2H3/t9-/m1/s1. The van der Waals surface area contributed by atoms with Gasteiger partial charge in [-0.1, -0.05) is 12.1 Å². The van der Waals surface area contributed by atoms with Gasteiger partial charge in [0.2, 0.25) is 0 Å². The van der Waals surface area contributed by atoms with E-state index < -0.39 is 0 Å². The highest BCUT2D eigenvalue weighted by molar-refractivity contribution is 7.09. The smallest absolute Gasteiger partial charge is 0.123 e. The summed E-state index contributed by atoms with van der Waals surface area (Å²) in [6, 6.07) is 6.78. The van der Waals surface area contributed by atoms with E-state index in [-0.39, 0.29) is 11.9 Å². The number of benzene rings is 1. The van der Waals surface area contributed by atoms with Gasteiger partial charge in [0.1, 0.15) is 5.82 Å². The van der Waals surface area contributed by atoms with Gasteiger partial charge in [0, 0.05) is 18.0 Å². The first-order chi connectivity index (χ1) is 8.15. The highest BCUT2D eigenvalue weighted by Gasteiger charge is 2.06. The van der Waals surface area contributed by atoms with Crippen LogP contribution < -0.4 is 5.32 Å². The zero-order chi connectivity index (χ0) is 12.3. The van der Waals surface area contributed by atoms with Crippen LogP contribution in [0.1, 0.15) is 29.2 Å². The molecule has 0 aliphatic carbocycles. The Labute approximate surface area is 105 Å². The van der Waals surface area contributed by atoms with Crippen LogP contribution in [0.5, 0.6) is 0 Å². The van der Waals surface area contributed by atoms with Gasteiger partial charge in [0.05, 0.1) is 10.7 Å². The van der Waals surface area contributed by atoms with Crippen molar-refractivity contribution < 1.29 is 4.39 Å². The Kier molecular flexibility index (Phi) is 3.86. The second kappa shape index (κ2) is 5.38. The van der Waals surface area contributed by atoms with E-state index in [9.17, 15) is 4.39 Å². The minimum Gasteiger partial charge on any atom is -0.305 e. The van der Waals surface area contributed by atoms with Gasteiger partial charge in [-0.3, -0.25) is 0 Å². The fourth-order valence-electron chi connectivity index (χ4n) is 1.62. The normalized spacial score (nSPS) is 12.6. The fourth-order valence-corrected chi connectivity index (χ4v) is 2.23. The number of nitrogens with one attached hydrogen (secondary N) is 1. The summed E-state index contributed by atoms with van der Waals surface area (Å²) in [4.78, 5) is 4.39. The minimum absolute atomic E-state index is 0.192. The zero-order valence-corrected chi connectivity index (χ0v) is 10.7. The first-order valence-corrected chi connectivity index (χ1v) is 6.43. The molecule has 2 nitrogen and oxygen atoms in total. The second-order valence-electron chi connectivity index (χ2n) is 4.01. The Morgan fingerprint density at radius 2 is 2.06 bits per heavy atom. The largest absolute Gasteiger partial charge is 0.305 e. The van der Waals surface area contributed by atoms with E-state index in [2.05, 4.69) is 22.6 Å². The predicted molar refractivity (Wildman–Crippen MR) is 68.5 cm³/mol. The summed E-state index contributed by atoms with van der Waals surface area (Å²) in [6.45, 7) is 4.80. The third-order valence-electron chi connectivity index (χ3n) is 2.63. The molecule has 0 saturated heterocycles. The van der Waals surface area contributed by atoms with Crippen molar-refractivity contribution in [2.24, 2.45) is 0 Å². The lowest BCUT2D eigenvalue weighted by Gasteiger charge is -2.13. The van der Waals surface area contributed by atoms with Crippen LogP contribution in [0, 0.1) is 12.7 Å². The van der Waals surface area contributed by atoms with E-state index in [1.807, 2.05) is 6.92 Å². The van der Waals surface area contributed by atoms with Crippen LogP contribution in [0.15, 0.2) is 29.6 Å². The number of thiazole rings is 1. The van der Waals surface area contributed by atoms with Crippen LogP contribution in [0.25, 0.3) is 0 Å². The van der Waals surface area contributed by atoms with Gasteiger partial charge >= 0.3 is 0 Å². The lowest BCUT2D eigenvalue weighted by atomic mass is 10.1. The lowest BCUT2D eigenvalue weighted by Crippen LogP contribution is -2.18. The van der Waals surface area contributed by atoms with Crippen molar-refractivity contribution >= 4 is 11.3 Å². The van der Waals surface area contributed by atoms with E-state index >= 15 is 0 Å². The zero-order valence-electron chi connectivity index (χ0n) is 9.90. The first kappa shape index (κ1) is 12.2. The summed E-state index contributed by atoms with van der Waals surface area (Å²) in [5, 5.41) is 6.50. The third kappa shape index (κ3) is 3.35. The van der Waals surface area contributed by atoms with Crippen molar-refractivity contribution in [3.05, 3.63) is 51.7 Å². The van der Waals surface area contributed by atoms with E-state index in [0.717, 1.165) is 22.8 Å². The van der Waals surface area contributed by atoms with E-state index in [4.69, 9.17) is 0 Å². The minimum atomic E-state index is -0.198. The number of rotatable bonds is 4. The van der Waals surface area contributed by atoms with Gasteiger partial charge in [-0.15, -0.1) is 11.3 Å². The van der Waals surface area contributed by atoms with E-state index in [0.29, 0.717) is 0 Å². The van der Waals surface area contributed by atoms with Crippen molar-refractivity contribution in [3.63, 3.8) is 0 Å². The maximum absolute atomic E-state index is 12.8. The van der Waals surface area contributed by atoms with Gasteiger partial charge in [-0.25, -0.2) is 9.37 Å². The molecule has 2 rings (SSSR count). The molecular weight excluding hydrogens is 235 g/mol. The maximum atomic E-state index is 12.8. The summed E-state index contributed by atoms with van der Waals surface area (Å²) < 4.78 is 12.8. The van der Waals surface area contributed by atoms with Crippen LogP contribution in [-0.4, -0.2) is 4.98 Å². The molecule has 17 heavy (non-hydrogen) atoms. The van der Waals surface area contributed by atoms with Crippen molar-refractivity contribution in [1.29, 1.82) is 0 Å². The molecule has 0 aliphatic rings. The average Bonchev–Trinajstić information content (AvgIpc) is 2.73. The van der Waals surface area contributed by atoms with Gasteiger partial charge in [-0.05, 0) is 31.5 Å². The average molecular weight is 250 g/mol. The van der Waals surface area contributed by atoms with Crippen LogP contribution in [0.2, 0.25) is 0 Å². The monoisotopic (exact) mass is 250 g/mol. The van der Waals surface area contributed by atoms with Gasteiger partial charge < -0.3 is 5.32 Å². The number of aromatic nitrogens is 1. The fraction of sp³-hybridized carbons (Fsp3) is 0.308. The quantitative estimate of drug-likeness (QED) is 0.899. The Bertz CT molecular complexity index is 478. The van der Waals surface area contributed by atoms with Crippen LogP contribution in [0.4, 0.5) is 4.39 Å². The molecule has 0 bridgehead atoms. The highest BCUT2D eigenvalue weighted by atomic mass is 32.1. The van der Waals surface area contributed by atoms with Crippen LogP contribution in [0.3, 0.4) is 0 Å². The SMILES string of the molecule is Cc1nc(CN[C@H](C)c2ccc(F)cc2)cs1. The summed E-state index contributed by atoms with van der Waals surface area (Å²) in [6.07, 6.45) is 0. The van der Waals surface area contributed by atoms with Crippen LogP contribution in [-0.2, 0) is 6.54 Å². The van der Waals surface area contributed by atoms with Crippen molar-refractivity contribution in [2.45, 2.75) is 26.4 Å².